The van der Waals surface area contributed by atoms with Gasteiger partial charge in [0.2, 0.25) is 0 Å². The van der Waals surface area contributed by atoms with Gasteiger partial charge in [-0.15, -0.1) is 11.3 Å². The lowest BCUT2D eigenvalue weighted by Gasteiger charge is -1.88. The highest BCUT2D eigenvalue weighted by atomic mass is 32.1. The molecule has 0 spiro atoms. The van der Waals surface area contributed by atoms with Crippen LogP contribution in [0.3, 0.4) is 0 Å². The Kier molecular flexibility index (Phi) is 2.44. The van der Waals surface area contributed by atoms with Crippen molar-refractivity contribution >= 4 is 17.1 Å². The monoisotopic (exact) mass is 168 g/mol. The number of ether oxygens (including phenoxy) is 1. The van der Waals surface area contributed by atoms with E-state index in [2.05, 4.69) is 6.58 Å². The molecule has 3 heteroatoms. The number of allylic oxidation sites excluding steroid dienone is 1. The van der Waals surface area contributed by atoms with Crippen molar-refractivity contribution < 1.29 is 9.53 Å². The maximum atomic E-state index is 11.0. The normalized spacial score (nSPS) is 9.18. The summed E-state index contributed by atoms with van der Waals surface area (Å²) in [7, 11) is 1.57. The largest absolute Gasteiger partial charge is 0.496 e. The van der Waals surface area contributed by atoms with Crippen LogP contribution in [0.2, 0.25) is 0 Å². The Balaban J connectivity index is 2.88. The number of hydrogen-bond acceptors (Lipinski definition) is 3. The van der Waals surface area contributed by atoms with Gasteiger partial charge in [0.25, 0.3) is 0 Å². The van der Waals surface area contributed by atoms with Crippen LogP contribution in [0.4, 0.5) is 0 Å². The third-order valence-corrected chi connectivity index (χ3v) is 2.16. The second kappa shape index (κ2) is 3.34. The van der Waals surface area contributed by atoms with Crippen LogP contribution >= 0.6 is 11.3 Å². The van der Waals surface area contributed by atoms with Gasteiger partial charge in [0.1, 0.15) is 5.75 Å². The number of ketones is 1. The molecule has 2 nitrogen and oxygen atoms in total. The Hall–Kier alpha value is -1.09. The lowest BCUT2D eigenvalue weighted by atomic mass is 10.3. The molecule has 0 fully saturated rings. The first-order chi connectivity index (χ1) is 5.27. The van der Waals surface area contributed by atoms with Gasteiger partial charge in [-0.1, -0.05) is 6.58 Å². The number of carbonyl (C=O) groups is 1. The van der Waals surface area contributed by atoms with Crippen molar-refractivity contribution in [2.45, 2.75) is 0 Å². The summed E-state index contributed by atoms with van der Waals surface area (Å²) in [6.07, 6.45) is 1.30. The maximum absolute atomic E-state index is 11.0. The minimum atomic E-state index is -0.0571. The number of hydrogen-bond donors (Lipinski definition) is 0. The summed E-state index contributed by atoms with van der Waals surface area (Å²) in [5.74, 6) is 0.665. The zero-order valence-electron chi connectivity index (χ0n) is 6.16. The van der Waals surface area contributed by atoms with E-state index in [-0.39, 0.29) is 5.78 Å². The number of methoxy groups -OCH3 is 1. The van der Waals surface area contributed by atoms with E-state index in [1.807, 2.05) is 0 Å². The van der Waals surface area contributed by atoms with Crippen LogP contribution < -0.4 is 4.74 Å². The molecule has 0 atom stereocenters. The van der Waals surface area contributed by atoms with Gasteiger partial charge in [0, 0.05) is 11.4 Å². The molecule has 11 heavy (non-hydrogen) atoms. The Morgan fingerprint density at radius 2 is 2.55 bits per heavy atom. The summed E-state index contributed by atoms with van der Waals surface area (Å²) in [6.45, 7) is 3.39. The summed E-state index contributed by atoms with van der Waals surface area (Å²) in [5.41, 5.74) is 0. The van der Waals surface area contributed by atoms with Crippen LogP contribution in [0.25, 0.3) is 0 Å². The molecule has 0 saturated heterocycles. The highest BCUT2D eigenvalue weighted by Gasteiger charge is 2.04. The zero-order chi connectivity index (χ0) is 8.27. The van der Waals surface area contributed by atoms with Crippen LogP contribution in [-0.4, -0.2) is 12.9 Å². The van der Waals surface area contributed by atoms with E-state index in [4.69, 9.17) is 4.74 Å². The standard InChI is InChI=1S/C8H8O2S/c1-3-7(9)8-4-6(10-2)5-11-8/h3-5H,1H2,2H3. The molecule has 58 valence electrons. The second-order valence-corrected chi connectivity index (χ2v) is 2.83. The molecular weight excluding hydrogens is 160 g/mol. The van der Waals surface area contributed by atoms with Gasteiger partial charge in [0.05, 0.1) is 12.0 Å². The number of carbonyl (C=O) groups excluding carboxylic acids is 1. The minimum Gasteiger partial charge on any atom is -0.496 e. The molecule has 0 unspecified atom stereocenters. The van der Waals surface area contributed by atoms with Gasteiger partial charge in [-0.3, -0.25) is 4.79 Å². The average Bonchev–Trinajstić information content (AvgIpc) is 2.50. The Labute approximate surface area is 69.1 Å². The SMILES string of the molecule is C=CC(=O)c1cc(OC)cs1. The highest BCUT2D eigenvalue weighted by molar-refractivity contribution is 7.12. The van der Waals surface area contributed by atoms with Crippen LogP contribution in [0.5, 0.6) is 5.75 Å². The van der Waals surface area contributed by atoms with E-state index >= 15 is 0 Å². The first kappa shape index (κ1) is 8.01. The second-order valence-electron chi connectivity index (χ2n) is 1.92. The van der Waals surface area contributed by atoms with Gasteiger partial charge >= 0.3 is 0 Å². The van der Waals surface area contributed by atoms with E-state index in [1.165, 1.54) is 17.4 Å². The molecule has 0 aromatic carbocycles. The van der Waals surface area contributed by atoms with Gasteiger partial charge in [-0.25, -0.2) is 0 Å². The van der Waals surface area contributed by atoms with Crippen LogP contribution in [-0.2, 0) is 0 Å². The number of thiophene rings is 1. The van der Waals surface area contributed by atoms with Crippen molar-refractivity contribution in [3.05, 3.63) is 29.0 Å². The van der Waals surface area contributed by atoms with Crippen LogP contribution in [0, 0.1) is 0 Å². The van der Waals surface area contributed by atoms with Crippen molar-refractivity contribution in [3.63, 3.8) is 0 Å². The third-order valence-electron chi connectivity index (χ3n) is 1.24. The zero-order valence-corrected chi connectivity index (χ0v) is 6.98. The maximum Gasteiger partial charge on any atom is 0.195 e. The molecule has 0 bridgehead atoms. The molecule has 0 amide bonds. The molecule has 1 rings (SSSR count). The van der Waals surface area contributed by atoms with Gasteiger partial charge in [-0.2, -0.15) is 0 Å². The van der Waals surface area contributed by atoms with Crippen molar-refractivity contribution in [1.82, 2.24) is 0 Å². The van der Waals surface area contributed by atoms with Gasteiger partial charge in [-0.05, 0) is 6.08 Å². The van der Waals surface area contributed by atoms with E-state index in [0.717, 1.165) is 5.75 Å². The molecule has 1 aromatic rings. The van der Waals surface area contributed by atoms with Crippen molar-refractivity contribution in [1.29, 1.82) is 0 Å². The fraction of sp³-hybridized carbons (Fsp3) is 0.125. The molecule has 0 aliphatic rings. The predicted molar refractivity (Wildman–Crippen MR) is 45.4 cm³/mol. The summed E-state index contributed by atoms with van der Waals surface area (Å²) in [5, 5.41) is 1.79. The molecule has 0 aliphatic heterocycles. The van der Waals surface area contributed by atoms with Crippen LogP contribution in [0.15, 0.2) is 24.1 Å². The van der Waals surface area contributed by atoms with E-state index < -0.39 is 0 Å². The summed E-state index contributed by atoms with van der Waals surface area (Å²) >= 11 is 1.36. The van der Waals surface area contributed by atoms with Crippen molar-refractivity contribution in [2.24, 2.45) is 0 Å². The van der Waals surface area contributed by atoms with E-state index in [0.29, 0.717) is 4.88 Å². The van der Waals surface area contributed by atoms with Crippen molar-refractivity contribution in [2.75, 3.05) is 7.11 Å². The van der Waals surface area contributed by atoms with Crippen LogP contribution in [0.1, 0.15) is 9.67 Å². The Morgan fingerprint density at radius 1 is 1.82 bits per heavy atom. The lowest BCUT2D eigenvalue weighted by molar-refractivity contribution is 0.105. The fourth-order valence-electron chi connectivity index (χ4n) is 0.656. The predicted octanol–water partition coefficient (Wildman–Crippen LogP) is 2.13. The van der Waals surface area contributed by atoms with E-state index in [9.17, 15) is 4.79 Å². The summed E-state index contributed by atoms with van der Waals surface area (Å²) in [6, 6.07) is 1.70. The summed E-state index contributed by atoms with van der Waals surface area (Å²) in [4.78, 5) is 11.6. The molecule has 0 aliphatic carbocycles. The Bertz CT molecular complexity index is 275. The minimum absolute atomic E-state index is 0.0571. The fourth-order valence-corrected chi connectivity index (χ4v) is 1.45. The number of rotatable bonds is 3. The summed E-state index contributed by atoms with van der Waals surface area (Å²) < 4.78 is 4.91. The molecule has 0 saturated carbocycles. The van der Waals surface area contributed by atoms with E-state index in [1.54, 1.807) is 18.6 Å². The lowest BCUT2D eigenvalue weighted by Crippen LogP contribution is -1.87. The molecule has 1 aromatic heterocycles. The van der Waals surface area contributed by atoms with Crippen molar-refractivity contribution in [3.8, 4) is 5.75 Å². The Morgan fingerprint density at radius 3 is 3.00 bits per heavy atom. The van der Waals surface area contributed by atoms with Gasteiger partial charge < -0.3 is 4.74 Å². The highest BCUT2D eigenvalue weighted by Crippen LogP contribution is 2.21. The topological polar surface area (TPSA) is 26.3 Å². The molecule has 1 heterocycles. The quantitative estimate of drug-likeness (QED) is 0.510. The first-order valence-electron chi connectivity index (χ1n) is 3.07. The molecule has 0 N–H and O–H groups in total. The average molecular weight is 168 g/mol. The molecular formula is C8H8O2S. The molecule has 0 radical (unpaired) electrons. The smallest absolute Gasteiger partial charge is 0.195 e. The first-order valence-corrected chi connectivity index (χ1v) is 3.95. The van der Waals surface area contributed by atoms with Gasteiger partial charge in [0.15, 0.2) is 5.78 Å². The third kappa shape index (κ3) is 1.68.